The van der Waals surface area contributed by atoms with Crippen molar-refractivity contribution < 1.29 is 32.8 Å². The van der Waals surface area contributed by atoms with Crippen molar-refractivity contribution in [3.05, 3.63) is 53.6 Å². The molecular formula is C14H14O7S. The van der Waals surface area contributed by atoms with Crippen LogP contribution in [0.2, 0.25) is 0 Å². The number of allylic oxidation sites excluding steroid dienone is 2. The second-order valence-electron chi connectivity index (χ2n) is 4.34. The van der Waals surface area contributed by atoms with E-state index in [-0.39, 0.29) is 24.0 Å². The van der Waals surface area contributed by atoms with Crippen molar-refractivity contribution in [1.29, 1.82) is 0 Å². The molecule has 0 heterocycles. The van der Waals surface area contributed by atoms with E-state index in [0.717, 1.165) is 6.07 Å². The van der Waals surface area contributed by atoms with Gasteiger partial charge in [0.15, 0.2) is 0 Å². The van der Waals surface area contributed by atoms with E-state index in [0.29, 0.717) is 0 Å². The third-order valence-corrected chi connectivity index (χ3v) is 3.89. The Morgan fingerprint density at radius 1 is 1.09 bits per heavy atom. The van der Waals surface area contributed by atoms with Gasteiger partial charge in [0.2, 0.25) is 0 Å². The molecule has 3 N–H and O–H groups in total. The second-order valence-corrected chi connectivity index (χ2v) is 5.70. The summed E-state index contributed by atoms with van der Waals surface area (Å²) in [6.45, 7) is 6.82. The van der Waals surface area contributed by atoms with Crippen molar-refractivity contribution in [2.45, 2.75) is 17.7 Å². The van der Waals surface area contributed by atoms with Gasteiger partial charge in [-0.3, -0.25) is 4.55 Å². The minimum absolute atomic E-state index is 0.0447. The Kier molecular flexibility index (Phi) is 5.23. The van der Waals surface area contributed by atoms with E-state index < -0.39 is 38.1 Å². The van der Waals surface area contributed by atoms with Crippen LogP contribution in [0.15, 0.2) is 36.3 Å². The lowest BCUT2D eigenvalue weighted by Gasteiger charge is -2.16. The minimum Gasteiger partial charge on any atom is -0.478 e. The summed E-state index contributed by atoms with van der Waals surface area (Å²) >= 11 is 0. The van der Waals surface area contributed by atoms with Crippen molar-refractivity contribution in [2.75, 3.05) is 0 Å². The zero-order valence-corrected chi connectivity index (χ0v) is 12.3. The zero-order chi connectivity index (χ0) is 17.1. The molecule has 0 aliphatic carbocycles. The highest BCUT2D eigenvalue weighted by Crippen LogP contribution is 2.29. The van der Waals surface area contributed by atoms with Crippen LogP contribution in [-0.2, 0) is 23.0 Å². The second kappa shape index (κ2) is 6.54. The Hall–Kier alpha value is -2.45. The lowest BCUT2D eigenvalue weighted by molar-refractivity contribution is 0.0650. The molecule has 0 fully saturated rings. The lowest BCUT2D eigenvalue weighted by Crippen LogP contribution is -2.18. The third kappa shape index (κ3) is 3.41. The molecule has 0 aliphatic heterocycles. The summed E-state index contributed by atoms with van der Waals surface area (Å²) < 4.78 is 32.7. The Balaban J connectivity index is 4.07. The maximum Gasteiger partial charge on any atom is 0.336 e. The number of benzene rings is 1. The summed E-state index contributed by atoms with van der Waals surface area (Å²) in [6.07, 6.45) is 2.25. The molecule has 118 valence electrons. The number of hydrogen-bond donors (Lipinski definition) is 3. The number of carboxylic acid groups (broad SMARTS) is 2. The quantitative estimate of drug-likeness (QED) is 0.514. The summed E-state index contributed by atoms with van der Waals surface area (Å²) in [5.74, 6) is -3.13. The van der Waals surface area contributed by atoms with Gasteiger partial charge in [0.05, 0.1) is 11.1 Å². The highest BCUT2D eigenvalue weighted by atomic mass is 32.2. The monoisotopic (exact) mass is 326 g/mol. The third-order valence-electron chi connectivity index (χ3n) is 2.87. The van der Waals surface area contributed by atoms with E-state index in [1.54, 1.807) is 0 Å². The van der Waals surface area contributed by atoms with E-state index in [2.05, 4.69) is 13.2 Å². The van der Waals surface area contributed by atoms with E-state index in [1.165, 1.54) is 12.2 Å². The summed E-state index contributed by atoms with van der Waals surface area (Å²) in [7, 11) is -4.76. The van der Waals surface area contributed by atoms with Crippen molar-refractivity contribution >= 4 is 22.1 Å². The maximum absolute atomic E-state index is 11.6. The highest BCUT2D eigenvalue weighted by molar-refractivity contribution is 7.86. The molecule has 1 aromatic rings. The molecule has 22 heavy (non-hydrogen) atoms. The topological polar surface area (TPSA) is 129 Å². The van der Waals surface area contributed by atoms with Crippen LogP contribution in [0.3, 0.4) is 0 Å². The Morgan fingerprint density at radius 3 is 2.00 bits per heavy atom. The smallest absolute Gasteiger partial charge is 0.336 e. The normalized spacial score (nSPS) is 11.0. The first kappa shape index (κ1) is 17.6. The predicted octanol–water partition coefficient (Wildman–Crippen LogP) is 1.79. The molecule has 7 nitrogen and oxygen atoms in total. The Bertz CT molecular complexity index is 760. The van der Waals surface area contributed by atoms with Crippen LogP contribution in [0, 0.1) is 0 Å². The fourth-order valence-corrected chi connectivity index (χ4v) is 3.13. The molecule has 0 spiro atoms. The van der Waals surface area contributed by atoms with Crippen LogP contribution in [0.1, 0.15) is 31.8 Å². The molecule has 0 unspecified atom stereocenters. The van der Waals surface area contributed by atoms with Crippen molar-refractivity contribution in [3.8, 4) is 0 Å². The minimum atomic E-state index is -4.76. The zero-order valence-electron chi connectivity index (χ0n) is 11.4. The molecule has 0 saturated carbocycles. The molecule has 1 aromatic carbocycles. The number of carboxylic acids is 2. The summed E-state index contributed by atoms with van der Waals surface area (Å²) in [4.78, 5) is 22.0. The van der Waals surface area contributed by atoms with Gasteiger partial charge >= 0.3 is 11.9 Å². The van der Waals surface area contributed by atoms with Gasteiger partial charge in [-0.2, -0.15) is 8.42 Å². The van der Waals surface area contributed by atoms with Gasteiger partial charge < -0.3 is 10.2 Å². The fourth-order valence-electron chi connectivity index (χ4n) is 2.16. The van der Waals surface area contributed by atoms with E-state index >= 15 is 0 Å². The predicted molar refractivity (Wildman–Crippen MR) is 78.0 cm³/mol. The number of aromatic carboxylic acids is 2. The van der Waals surface area contributed by atoms with Gasteiger partial charge in [0.25, 0.3) is 10.1 Å². The molecule has 0 aliphatic rings. The summed E-state index contributed by atoms with van der Waals surface area (Å²) in [6, 6.07) is 0.920. The average Bonchev–Trinajstić information content (AvgIpc) is 2.36. The highest BCUT2D eigenvalue weighted by Gasteiger charge is 2.29. The van der Waals surface area contributed by atoms with Gasteiger partial charge in [-0.15, -0.1) is 13.2 Å². The van der Waals surface area contributed by atoms with Crippen LogP contribution in [0.5, 0.6) is 0 Å². The lowest BCUT2D eigenvalue weighted by atomic mass is 9.94. The van der Waals surface area contributed by atoms with E-state index in [1.807, 2.05) is 0 Å². The molecular weight excluding hydrogens is 312 g/mol. The first-order valence-electron chi connectivity index (χ1n) is 5.99. The SMILES string of the molecule is C=CCc1cc(C(=O)O)c(C(=O)O)c(CC=C)c1S(=O)(=O)O. The van der Waals surface area contributed by atoms with Gasteiger partial charge in [-0.1, -0.05) is 12.2 Å². The van der Waals surface area contributed by atoms with E-state index in [9.17, 15) is 27.7 Å². The largest absolute Gasteiger partial charge is 0.478 e. The molecule has 1 rings (SSSR count). The van der Waals surface area contributed by atoms with Crippen LogP contribution in [-0.4, -0.2) is 35.1 Å². The maximum atomic E-state index is 11.6. The molecule has 0 saturated heterocycles. The average molecular weight is 326 g/mol. The summed E-state index contributed by atoms with van der Waals surface area (Å²) in [5.41, 5.74) is -1.61. The van der Waals surface area contributed by atoms with Gasteiger partial charge in [0.1, 0.15) is 4.90 Å². The first-order valence-corrected chi connectivity index (χ1v) is 7.43. The molecule has 0 radical (unpaired) electrons. The van der Waals surface area contributed by atoms with Crippen LogP contribution in [0.4, 0.5) is 0 Å². The molecule has 8 heteroatoms. The molecule has 0 aromatic heterocycles. The fraction of sp³-hybridized carbons (Fsp3) is 0.143. The number of hydrogen-bond acceptors (Lipinski definition) is 4. The standard InChI is InChI=1S/C14H14O7S/c1-3-5-8-7-10(13(15)16)11(14(17)18)9(6-4-2)12(8)22(19,20)21/h3-4,7H,1-2,5-6H2,(H,15,16)(H,17,18)(H,19,20,21). The molecule has 0 amide bonds. The van der Waals surface area contributed by atoms with Gasteiger partial charge in [-0.05, 0) is 30.0 Å². The van der Waals surface area contributed by atoms with Crippen molar-refractivity contribution in [2.24, 2.45) is 0 Å². The van der Waals surface area contributed by atoms with Crippen LogP contribution in [0.25, 0.3) is 0 Å². The van der Waals surface area contributed by atoms with Crippen LogP contribution < -0.4 is 0 Å². The summed E-state index contributed by atoms with van der Waals surface area (Å²) in [5, 5.41) is 18.4. The first-order chi connectivity index (χ1) is 10.1. The number of carbonyl (C=O) groups is 2. The van der Waals surface area contributed by atoms with Crippen LogP contribution >= 0.6 is 0 Å². The van der Waals surface area contributed by atoms with Crippen molar-refractivity contribution in [3.63, 3.8) is 0 Å². The molecule has 0 atom stereocenters. The van der Waals surface area contributed by atoms with Crippen molar-refractivity contribution in [1.82, 2.24) is 0 Å². The number of rotatable bonds is 7. The Morgan fingerprint density at radius 2 is 1.64 bits per heavy atom. The van der Waals surface area contributed by atoms with E-state index in [4.69, 9.17) is 5.11 Å². The molecule has 0 bridgehead atoms. The van der Waals surface area contributed by atoms with Gasteiger partial charge in [0, 0.05) is 0 Å². The van der Waals surface area contributed by atoms with Gasteiger partial charge in [-0.25, -0.2) is 9.59 Å². The Labute approximate surface area is 127 Å².